The molecule has 1 aliphatic rings. The van der Waals surface area contributed by atoms with E-state index >= 15 is 0 Å². The van der Waals surface area contributed by atoms with Crippen LogP contribution in [0.3, 0.4) is 0 Å². The van der Waals surface area contributed by atoms with E-state index in [2.05, 4.69) is 14.9 Å². The molecule has 0 radical (unpaired) electrons. The highest BCUT2D eigenvalue weighted by molar-refractivity contribution is 7.99. The highest BCUT2D eigenvalue weighted by Gasteiger charge is 2.18. The average Bonchev–Trinajstić information content (AvgIpc) is 3.24. The lowest BCUT2D eigenvalue weighted by molar-refractivity contribution is 0.285. The third-order valence-corrected chi connectivity index (χ3v) is 5.56. The van der Waals surface area contributed by atoms with Gasteiger partial charge < -0.3 is 15.4 Å². The van der Waals surface area contributed by atoms with Gasteiger partial charge in [-0.3, -0.25) is 0 Å². The topological polar surface area (TPSA) is 77.2 Å². The van der Waals surface area contributed by atoms with Crippen LogP contribution in [-0.4, -0.2) is 28.0 Å². The third kappa shape index (κ3) is 4.66. The molecule has 0 bridgehead atoms. The van der Waals surface area contributed by atoms with Crippen LogP contribution in [0.5, 0.6) is 5.88 Å². The summed E-state index contributed by atoms with van der Waals surface area (Å²) in [5.41, 5.74) is 6.66. The van der Waals surface area contributed by atoms with Crippen LogP contribution in [0, 0.1) is 0 Å². The SMILES string of the molecule is Nc1ccc(Sc2cnc(N3CCCC3)nc2OCc2cccc(Cl)c2)cn1. The summed E-state index contributed by atoms with van der Waals surface area (Å²) in [6.45, 7) is 2.33. The van der Waals surface area contributed by atoms with E-state index in [1.54, 1.807) is 12.3 Å². The van der Waals surface area contributed by atoms with E-state index < -0.39 is 0 Å². The molecule has 144 valence electrons. The standard InChI is InChI=1S/C20H20ClN5OS/c21-15-5-3-4-14(10-15)13-27-19-17(28-16-6-7-18(22)23-11-16)12-24-20(25-19)26-8-1-2-9-26/h3-7,10-12H,1-2,8-9,13H2,(H2,22,23). The van der Waals surface area contributed by atoms with Crippen LogP contribution in [0.25, 0.3) is 0 Å². The Morgan fingerprint density at radius 2 is 1.96 bits per heavy atom. The predicted octanol–water partition coefficient (Wildman–Crippen LogP) is 4.44. The van der Waals surface area contributed by atoms with Crippen LogP contribution in [0.2, 0.25) is 5.02 Å². The molecule has 28 heavy (non-hydrogen) atoms. The van der Waals surface area contributed by atoms with E-state index in [1.807, 2.05) is 36.5 Å². The Bertz CT molecular complexity index is 948. The minimum Gasteiger partial charge on any atom is -0.472 e. The summed E-state index contributed by atoms with van der Waals surface area (Å²) in [7, 11) is 0. The monoisotopic (exact) mass is 413 g/mol. The van der Waals surface area contributed by atoms with Crippen molar-refractivity contribution in [2.24, 2.45) is 0 Å². The lowest BCUT2D eigenvalue weighted by atomic mass is 10.2. The highest BCUT2D eigenvalue weighted by Crippen LogP contribution is 2.35. The zero-order valence-electron chi connectivity index (χ0n) is 15.2. The minimum atomic E-state index is 0.380. The predicted molar refractivity (Wildman–Crippen MR) is 112 cm³/mol. The largest absolute Gasteiger partial charge is 0.472 e. The number of ether oxygens (including phenoxy) is 1. The first-order valence-electron chi connectivity index (χ1n) is 9.06. The van der Waals surface area contributed by atoms with Crippen molar-refractivity contribution in [3.8, 4) is 5.88 Å². The number of aromatic nitrogens is 3. The highest BCUT2D eigenvalue weighted by atomic mass is 35.5. The van der Waals surface area contributed by atoms with Crippen molar-refractivity contribution in [2.45, 2.75) is 29.2 Å². The number of rotatable bonds is 6. The van der Waals surface area contributed by atoms with Crippen molar-refractivity contribution in [1.82, 2.24) is 15.0 Å². The normalized spacial score (nSPS) is 13.7. The maximum Gasteiger partial charge on any atom is 0.232 e. The Hall–Kier alpha value is -2.51. The molecule has 1 aliphatic heterocycles. The Kier molecular flexibility index (Phi) is 5.83. The molecule has 3 aromatic rings. The second-order valence-electron chi connectivity index (χ2n) is 6.47. The first-order valence-corrected chi connectivity index (χ1v) is 10.3. The van der Waals surface area contributed by atoms with E-state index in [0.29, 0.717) is 29.3 Å². The van der Waals surface area contributed by atoms with Gasteiger partial charge in [0.15, 0.2) is 0 Å². The van der Waals surface area contributed by atoms with Gasteiger partial charge in [-0.1, -0.05) is 35.5 Å². The van der Waals surface area contributed by atoms with Crippen molar-refractivity contribution in [3.05, 3.63) is 59.4 Å². The molecular weight excluding hydrogens is 394 g/mol. The third-order valence-electron chi connectivity index (χ3n) is 4.35. The number of hydrogen-bond donors (Lipinski definition) is 1. The molecule has 0 amide bonds. The molecule has 1 aromatic carbocycles. The van der Waals surface area contributed by atoms with Crippen molar-refractivity contribution in [2.75, 3.05) is 23.7 Å². The molecule has 2 N–H and O–H groups in total. The molecule has 8 heteroatoms. The molecular formula is C20H20ClN5OS. The van der Waals surface area contributed by atoms with Crippen LogP contribution < -0.4 is 15.4 Å². The van der Waals surface area contributed by atoms with Crippen molar-refractivity contribution >= 4 is 35.1 Å². The number of hydrogen-bond acceptors (Lipinski definition) is 7. The molecule has 2 aromatic heterocycles. The molecule has 0 atom stereocenters. The van der Waals surface area contributed by atoms with Gasteiger partial charge >= 0.3 is 0 Å². The first kappa shape index (κ1) is 18.8. The number of nitrogens with zero attached hydrogens (tertiary/aromatic N) is 4. The number of nitrogen functional groups attached to an aromatic ring is 1. The van der Waals surface area contributed by atoms with Gasteiger partial charge in [0, 0.05) is 29.2 Å². The summed E-state index contributed by atoms with van der Waals surface area (Å²) in [4.78, 5) is 17.4. The zero-order valence-corrected chi connectivity index (χ0v) is 16.8. The van der Waals surface area contributed by atoms with Gasteiger partial charge in [0.05, 0.1) is 11.1 Å². The van der Waals surface area contributed by atoms with Crippen LogP contribution in [0.4, 0.5) is 11.8 Å². The number of benzene rings is 1. The number of nitrogens with two attached hydrogens (primary N) is 1. The Morgan fingerprint density at radius 3 is 2.71 bits per heavy atom. The van der Waals surface area contributed by atoms with E-state index in [9.17, 15) is 0 Å². The second-order valence-corrected chi connectivity index (χ2v) is 8.02. The smallest absolute Gasteiger partial charge is 0.232 e. The Balaban J connectivity index is 1.59. The molecule has 4 rings (SSSR count). The van der Waals surface area contributed by atoms with Crippen LogP contribution >= 0.6 is 23.4 Å². The molecule has 0 saturated carbocycles. The fourth-order valence-corrected chi connectivity index (χ4v) is 3.95. The van der Waals surface area contributed by atoms with E-state index in [4.69, 9.17) is 27.1 Å². The van der Waals surface area contributed by atoms with Crippen molar-refractivity contribution in [1.29, 1.82) is 0 Å². The van der Waals surface area contributed by atoms with Gasteiger partial charge in [0.2, 0.25) is 11.8 Å². The minimum absolute atomic E-state index is 0.380. The number of anilines is 2. The first-order chi connectivity index (χ1) is 13.7. The summed E-state index contributed by atoms with van der Waals surface area (Å²) in [6, 6.07) is 11.3. The molecule has 1 saturated heterocycles. The van der Waals surface area contributed by atoms with Gasteiger partial charge in [-0.15, -0.1) is 0 Å². The molecule has 0 spiro atoms. The lowest BCUT2D eigenvalue weighted by Crippen LogP contribution is -2.20. The van der Waals surface area contributed by atoms with Crippen molar-refractivity contribution < 1.29 is 4.74 Å². The summed E-state index contributed by atoms with van der Waals surface area (Å²) in [5.74, 6) is 1.75. The van der Waals surface area contributed by atoms with Crippen LogP contribution in [0.15, 0.2) is 58.6 Å². The molecule has 0 aliphatic carbocycles. The average molecular weight is 414 g/mol. The van der Waals surface area contributed by atoms with Crippen molar-refractivity contribution in [3.63, 3.8) is 0 Å². The summed E-state index contributed by atoms with van der Waals surface area (Å²) in [6.07, 6.45) is 5.87. The van der Waals surface area contributed by atoms with Crippen LogP contribution in [-0.2, 0) is 6.61 Å². The number of halogens is 1. The molecule has 0 unspecified atom stereocenters. The van der Waals surface area contributed by atoms with Gasteiger partial charge in [-0.25, -0.2) is 9.97 Å². The van der Waals surface area contributed by atoms with Gasteiger partial charge in [-0.2, -0.15) is 4.98 Å². The molecule has 3 heterocycles. The van der Waals surface area contributed by atoms with Gasteiger partial charge in [0.1, 0.15) is 12.4 Å². The van der Waals surface area contributed by atoms with E-state index in [1.165, 1.54) is 11.8 Å². The maximum atomic E-state index is 6.08. The number of pyridine rings is 1. The fourth-order valence-electron chi connectivity index (χ4n) is 2.95. The Morgan fingerprint density at radius 1 is 1.11 bits per heavy atom. The maximum absolute atomic E-state index is 6.08. The zero-order chi connectivity index (χ0) is 19.3. The van der Waals surface area contributed by atoms with E-state index in [0.717, 1.165) is 41.3 Å². The second kappa shape index (κ2) is 8.67. The van der Waals surface area contributed by atoms with Gasteiger partial charge in [-0.05, 0) is 42.7 Å². The quantitative estimate of drug-likeness (QED) is 0.640. The van der Waals surface area contributed by atoms with E-state index in [-0.39, 0.29) is 0 Å². The summed E-state index contributed by atoms with van der Waals surface area (Å²) in [5, 5.41) is 0.684. The summed E-state index contributed by atoms with van der Waals surface area (Å²) < 4.78 is 6.07. The Labute approximate surface area is 173 Å². The summed E-state index contributed by atoms with van der Waals surface area (Å²) >= 11 is 7.58. The molecule has 1 fully saturated rings. The molecule has 6 nitrogen and oxygen atoms in total. The van der Waals surface area contributed by atoms with Gasteiger partial charge in [0.25, 0.3) is 0 Å². The lowest BCUT2D eigenvalue weighted by Gasteiger charge is -2.17. The fraction of sp³-hybridized carbons (Fsp3) is 0.250. The van der Waals surface area contributed by atoms with Crippen LogP contribution in [0.1, 0.15) is 18.4 Å².